The summed E-state index contributed by atoms with van der Waals surface area (Å²) in [5.74, 6) is -0.566. The summed E-state index contributed by atoms with van der Waals surface area (Å²) in [6.45, 7) is 1.96. The summed E-state index contributed by atoms with van der Waals surface area (Å²) < 4.78 is 4.70. The van der Waals surface area contributed by atoms with Crippen molar-refractivity contribution in [1.29, 1.82) is 0 Å². The van der Waals surface area contributed by atoms with Crippen LogP contribution in [0, 0.1) is 5.92 Å². The van der Waals surface area contributed by atoms with Crippen molar-refractivity contribution in [2.75, 3.05) is 6.61 Å². The summed E-state index contributed by atoms with van der Waals surface area (Å²) in [5.41, 5.74) is 0. The van der Waals surface area contributed by atoms with Gasteiger partial charge in [0.05, 0.1) is 11.4 Å². The van der Waals surface area contributed by atoms with Crippen LogP contribution < -0.4 is 0 Å². The third-order valence-electron chi connectivity index (χ3n) is 3.03. The lowest BCUT2D eigenvalue weighted by Gasteiger charge is -2.22. The zero-order chi connectivity index (χ0) is 12.0. The average molecular weight is 291 g/mol. The number of carbonyl (C=O) groups excluding carboxylic acids is 2. The minimum absolute atomic E-state index is 0.258. The summed E-state index contributed by atoms with van der Waals surface area (Å²) >= 11 is 3.30. The largest absolute Gasteiger partial charge is 0.460 e. The van der Waals surface area contributed by atoms with E-state index in [2.05, 4.69) is 15.9 Å². The van der Waals surface area contributed by atoms with Crippen molar-refractivity contribution in [3.05, 3.63) is 0 Å². The molecule has 1 atom stereocenters. The van der Waals surface area contributed by atoms with Crippen LogP contribution in [0.25, 0.3) is 0 Å². The van der Waals surface area contributed by atoms with Crippen LogP contribution in [0.3, 0.4) is 0 Å². The third kappa shape index (κ3) is 4.24. The highest BCUT2D eigenvalue weighted by Crippen LogP contribution is 2.29. The van der Waals surface area contributed by atoms with Crippen LogP contribution in [-0.4, -0.2) is 23.2 Å². The first kappa shape index (κ1) is 13.7. The van der Waals surface area contributed by atoms with Gasteiger partial charge in [-0.05, 0) is 19.3 Å². The molecular formula is C12H19BrO3. The molecule has 4 heteroatoms. The molecule has 0 aromatic carbocycles. The normalized spacial score (nSPS) is 19.1. The van der Waals surface area contributed by atoms with Crippen LogP contribution >= 0.6 is 15.9 Å². The van der Waals surface area contributed by atoms with E-state index in [9.17, 15) is 9.59 Å². The molecule has 0 amide bonds. The van der Waals surface area contributed by atoms with Gasteiger partial charge in [-0.15, -0.1) is 0 Å². The Morgan fingerprint density at radius 2 is 1.94 bits per heavy atom. The Hall–Kier alpha value is -0.380. The Morgan fingerprint density at radius 1 is 1.31 bits per heavy atom. The first-order valence-electron chi connectivity index (χ1n) is 6.00. The highest BCUT2D eigenvalue weighted by atomic mass is 79.9. The van der Waals surface area contributed by atoms with Crippen LogP contribution in [0.2, 0.25) is 0 Å². The molecule has 1 aliphatic carbocycles. The minimum atomic E-state index is -0.708. The first-order chi connectivity index (χ1) is 7.65. The fourth-order valence-electron chi connectivity index (χ4n) is 2.15. The highest BCUT2D eigenvalue weighted by molar-refractivity contribution is 9.10. The van der Waals surface area contributed by atoms with Gasteiger partial charge in [-0.3, -0.25) is 4.79 Å². The van der Waals surface area contributed by atoms with E-state index in [0.29, 0.717) is 5.92 Å². The van der Waals surface area contributed by atoms with Gasteiger partial charge < -0.3 is 4.74 Å². The lowest BCUT2D eigenvalue weighted by atomic mass is 9.85. The van der Waals surface area contributed by atoms with Crippen molar-refractivity contribution >= 4 is 27.7 Å². The van der Waals surface area contributed by atoms with Crippen molar-refractivity contribution in [3.8, 4) is 0 Å². The van der Waals surface area contributed by atoms with E-state index >= 15 is 0 Å². The summed E-state index contributed by atoms with van der Waals surface area (Å²) in [6.07, 6.45) is 6.92. The maximum atomic E-state index is 11.6. The molecule has 0 aliphatic heterocycles. The smallest absolute Gasteiger partial charge is 0.375 e. The Labute approximate surface area is 105 Å². The van der Waals surface area contributed by atoms with Crippen molar-refractivity contribution in [3.63, 3.8) is 0 Å². The van der Waals surface area contributed by atoms with Crippen LogP contribution in [0.4, 0.5) is 0 Å². The van der Waals surface area contributed by atoms with Gasteiger partial charge >= 0.3 is 5.97 Å². The molecule has 0 aromatic heterocycles. The Bertz CT molecular complexity index is 247. The van der Waals surface area contributed by atoms with Crippen molar-refractivity contribution in [2.45, 2.75) is 50.3 Å². The molecule has 16 heavy (non-hydrogen) atoms. The predicted molar refractivity (Wildman–Crippen MR) is 65.5 cm³/mol. The van der Waals surface area contributed by atoms with Crippen molar-refractivity contribution < 1.29 is 14.3 Å². The van der Waals surface area contributed by atoms with E-state index in [0.717, 1.165) is 6.42 Å². The molecule has 1 saturated carbocycles. The molecule has 1 fully saturated rings. The molecule has 1 unspecified atom stereocenters. The van der Waals surface area contributed by atoms with E-state index in [1.54, 1.807) is 6.92 Å². The lowest BCUT2D eigenvalue weighted by Crippen LogP contribution is -2.28. The number of halogens is 1. The predicted octanol–water partition coefficient (Wildman–Crippen LogP) is 2.85. The third-order valence-corrected chi connectivity index (χ3v) is 3.82. The summed E-state index contributed by atoms with van der Waals surface area (Å²) in [4.78, 5) is 22.4. The van der Waals surface area contributed by atoms with Gasteiger partial charge in [0, 0.05) is 0 Å². The maximum absolute atomic E-state index is 11.6. The zero-order valence-electron chi connectivity index (χ0n) is 9.71. The molecule has 0 heterocycles. The van der Waals surface area contributed by atoms with Gasteiger partial charge in [-0.1, -0.05) is 48.0 Å². The Kier molecular flexibility index (Phi) is 6.03. The molecule has 0 bridgehead atoms. The molecule has 0 aromatic rings. The first-order valence-corrected chi connectivity index (χ1v) is 6.91. The molecule has 3 nitrogen and oxygen atoms in total. The number of carbonyl (C=O) groups is 2. The monoisotopic (exact) mass is 290 g/mol. The Balaban J connectivity index is 2.35. The van der Waals surface area contributed by atoms with Crippen LogP contribution in [0.1, 0.15) is 45.4 Å². The number of rotatable bonds is 5. The minimum Gasteiger partial charge on any atom is -0.460 e. The summed E-state index contributed by atoms with van der Waals surface area (Å²) in [7, 11) is 0. The topological polar surface area (TPSA) is 43.4 Å². The molecule has 1 rings (SSSR count). The second-order valence-electron chi connectivity index (χ2n) is 4.29. The van der Waals surface area contributed by atoms with E-state index in [1.165, 1.54) is 32.1 Å². The lowest BCUT2D eigenvalue weighted by molar-refractivity contribution is -0.153. The SMILES string of the molecule is CCOC(=O)C(=O)C(Br)CC1CCCCC1. The molecule has 92 valence electrons. The van der Waals surface area contributed by atoms with Gasteiger partial charge in [0.1, 0.15) is 0 Å². The quantitative estimate of drug-likeness (QED) is 0.444. The van der Waals surface area contributed by atoms with E-state index < -0.39 is 11.8 Å². The maximum Gasteiger partial charge on any atom is 0.375 e. The summed E-state index contributed by atoms with van der Waals surface area (Å²) in [5, 5.41) is 0. The van der Waals surface area contributed by atoms with Crippen molar-refractivity contribution in [2.24, 2.45) is 5.92 Å². The molecule has 0 spiro atoms. The summed E-state index contributed by atoms with van der Waals surface area (Å²) in [6, 6.07) is 0. The molecular weight excluding hydrogens is 272 g/mol. The fourth-order valence-corrected chi connectivity index (χ4v) is 2.87. The van der Waals surface area contributed by atoms with Crippen LogP contribution in [-0.2, 0) is 14.3 Å². The number of hydrogen-bond acceptors (Lipinski definition) is 3. The number of esters is 1. The Morgan fingerprint density at radius 3 is 2.50 bits per heavy atom. The average Bonchev–Trinajstić information content (AvgIpc) is 2.29. The number of hydrogen-bond donors (Lipinski definition) is 0. The van der Waals surface area contributed by atoms with Gasteiger partial charge in [-0.25, -0.2) is 4.79 Å². The van der Waals surface area contributed by atoms with Crippen LogP contribution in [0.15, 0.2) is 0 Å². The van der Waals surface area contributed by atoms with Gasteiger partial charge in [0.15, 0.2) is 0 Å². The molecule has 0 N–H and O–H groups in total. The van der Waals surface area contributed by atoms with Crippen molar-refractivity contribution in [1.82, 2.24) is 0 Å². The van der Waals surface area contributed by atoms with Crippen LogP contribution in [0.5, 0.6) is 0 Å². The van der Waals surface area contributed by atoms with Gasteiger partial charge in [0.2, 0.25) is 0 Å². The van der Waals surface area contributed by atoms with E-state index in [-0.39, 0.29) is 11.4 Å². The zero-order valence-corrected chi connectivity index (χ0v) is 11.3. The van der Waals surface area contributed by atoms with Gasteiger partial charge in [0.25, 0.3) is 5.78 Å². The fraction of sp³-hybridized carbons (Fsp3) is 0.833. The van der Waals surface area contributed by atoms with E-state index in [1.807, 2.05) is 0 Å². The standard InChI is InChI=1S/C12H19BrO3/c1-2-16-12(15)11(14)10(13)8-9-6-4-3-5-7-9/h9-10H,2-8H2,1H3. The number of ketones is 1. The molecule has 0 radical (unpaired) electrons. The van der Waals surface area contributed by atoms with E-state index in [4.69, 9.17) is 4.74 Å². The highest BCUT2D eigenvalue weighted by Gasteiger charge is 2.27. The molecule has 0 saturated heterocycles. The number of Topliss-reactive ketones (excluding diaryl/α,β-unsaturated/α-hetero) is 1. The van der Waals surface area contributed by atoms with Gasteiger partial charge in [-0.2, -0.15) is 0 Å². The second kappa shape index (κ2) is 7.05. The second-order valence-corrected chi connectivity index (χ2v) is 5.40. The number of ether oxygens (including phenoxy) is 1. The number of alkyl halides is 1. The molecule has 1 aliphatic rings.